The van der Waals surface area contributed by atoms with Crippen LogP contribution in [0.25, 0.3) is 10.2 Å². The monoisotopic (exact) mass is 415 g/mol. The first-order valence-corrected chi connectivity index (χ1v) is 10.4. The molecule has 0 atom stereocenters. The molecule has 1 N–H and O–H groups in total. The van der Waals surface area contributed by atoms with Crippen molar-refractivity contribution in [1.29, 1.82) is 0 Å². The molecule has 29 heavy (non-hydrogen) atoms. The molecular weight excluding hydrogens is 390 g/mol. The largest absolute Gasteiger partial charge is 0.490 e. The summed E-state index contributed by atoms with van der Waals surface area (Å²) in [6.45, 7) is 8.98. The standard InChI is InChI=1S/C21H25N3O4S/c1-5-27-16-8-7-15(11-17(16)28-6-2)23-18(25)9-10-24-12-22-20-19(21(24)26)13(3)14(4)29-20/h7-8,11-12H,5-6,9-10H2,1-4H3,(H,23,25). The van der Waals surface area contributed by atoms with Crippen molar-refractivity contribution in [2.75, 3.05) is 18.5 Å². The van der Waals surface area contributed by atoms with E-state index in [1.165, 1.54) is 22.2 Å². The lowest BCUT2D eigenvalue weighted by molar-refractivity contribution is -0.116. The van der Waals surface area contributed by atoms with E-state index in [9.17, 15) is 9.59 Å². The third kappa shape index (κ3) is 4.59. The van der Waals surface area contributed by atoms with Crippen LogP contribution in [0.5, 0.6) is 11.5 Å². The lowest BCUT2D eigenvalue weighted by Gasteiger charge is -2.13. The number of ether oxygens (including phenoxy) is 2. The van der Waals surface area contributed by atoms with E-state index in [4.69, 9.17) is 9.47 Å². The summed E-state index contributed by atoms with van der Waals surface area (Å²) in [5.41, 5.74) is 1.47. The van der Waals surface area contributed by atoms with Gasteiger partial charge in [-0.3, -0.25) is 14.2 Å². The van der Waals surface area contributed by atoms with Gasteiger partial charge in [-0.05, 0) is 45.4 Å². The van der Waals surface area contributed by atoms with Crippen LogP contribution in [0, 0.1) is 13.8 Å². The molecule has 0 bridgehead atoms. The van der Waals surface area contributed by atoms with Crippen molar-refractivity contribution in [1.82, 2.24) is 9.55 Å². The second kappa shape index (κ2) is 9.09. The first kappa shape index (κ1) is 20.9. The van der Waals surface area contributed by atoms with Gasteiger partial charge in [-0.25, -0.2) is 4.98 Å². The van der Waals surface area contributed by atoms with Gasteiger partial charge in [0.05, 0.1) is 24.9 Å². The van der Waals surface area contributed by atoms with Gasteiger partial charge >= 0.3 is 0 Å². The molecule has 0 aliphatic heterocycles. The van der Waals surface area contributed by atoms with Gasteiger partial charge in [0, 0.05) is 29.6 Å². The zero-order chi connectivity index (χ0) is 21.0. The number of carbonyl (C=O) groups excluding carboxylic acids is 1. The molecule has 0 aliphatic carbocycles. The maximum Gasteiger partial charge on any atom is 0.262 e. The van der Waals surface area contributed by atoms with Gasteiger partial charge in [0.2, 0.25) is 5.91 Å². The van der Waals surface area contributed by atoms with Crippen LogP contribution in [0.3, 0.4) is 0 Å². The molecule has 0 spiro atoms. The van der Waals surface area contributed by atoms with Crippen molar-refractivity contribution in [2.24, 2.45) is 0 Å². The highest BCUT2D eigenvalue weighted by atomic mass is 32.1. The number of thiophene rings is 1. The Kier molecular flexibility index (Phi) is 6.53. The molecule has 0 radical (unpaired) electrons. The molecule has 0 saturated carbocycles. The van der Waals surface area contributed by atoms with E-state index in [0.717, 1.165) is 15.3 Å². The Labute approximate surface area is 173 Å². The summed E-state index contributed by atoms with van der Waals surface area (Å²) in [6, 6.07) is 5.28. The normalized spacial score (nSPS) is 10.9. The number of hydrogen-bond donors (Lipinski definition) is 1. The zero-order valence-corrected chi connectivity index (χ0v) is 17.9. The molecule has 7 nitrogen and oxygen atoms in total. The van der Waals surface area contributed by atoms with Gasteiger partial charge in [0.1, 0.15) is 4.83 Å². The molecule has 0 saturated heterocycles. The number of hydrogen-bond acceptors (Lipinski definition) is 6. The topological polar surface area (TPSA) is 82.5 Å². The van der Waals surface area contributed by atoms with E-state index in [-0.39, 0.29) is 24.4 Å². The van der Waals surface area contributed by atoms with Crippen LogP contribution < -0.4 is 20.3 Å². The second-order valence-corrected chi connectivity index (χ2v) is 7.74. The Morgan fingerprint density at radius 3 is 2.62 bits per heavy atom. The summed E-state index contributed by atoms with van der Waals surface area (Å²) < 4.78 is 12.6. The van der Waals surface area contributed by atoms with Gasteiger partial charge in [-0.15, -0.1) is 11.3 Å². The number of carbonyl (C=O) groups is 1. The summed E-state index contributed by atoms with van der Waals surface area (Å²) in [7, 11) is 0. The van der Waals surface area contributed by atoms with Crippen LogP contribution in [0.4, 0.5) is 5.69 Å². The number of nitrogens with zero attached hydrogens (tertiary/aromatic N) is 2. The predicted molar refractivity (Wildman–Crippen MR) is 115 cm³/mol. The number of amides is 1. The minimum Gasteiger partial charge on any atom is -0.490 e. The Morgan fingerprint density at radius 2 is 1.90 bits per heavy atom. The first-order valence-electron chi connectivity index (χ1n) is 9.59. The highest BCUT2D eigenvalue weighted by Crippen LogP contribution is 2.30. The summed E-state index contributed by atoms with van der Waals surface area (Å²) in [6.07, 6.45) is 1.67. The fourth-order valence-corrected chi connectivity index (χ4v) is 3.99. The fourth-order valence-electron chi connectivity index (χ4n) is 3.00. The van der Waals surface area contributed by atoms with E-state index < -0.39 is 0 Å². The first-order chi connectivity index (χ1) is 13.9. The highest BCUT2D eigenvalue weighted by Gasteiger charge is 2.13. The van der Waals surface area contributed by atoms with Gasteiger partial charge in [-0.2, -0.15) is 0 Å². The minimum atomic E-state index is -0.193. The third-order valence-corrected chi connectivity index (χ3v) is 5.68. The molecule has 8 heteroatoms. The van der Waals surface area contributed by atoms with Crippen molar-refractivity contribution in [2.45, 2.75) is 40.7 Å². The Balaban J connectivity index is 1.69. The molecule has 3 rings (SSSR count). The fraction of sp³-hybridized carbons (Fsp3) is 0.381. The second-order valence-electron chi connectivity index (χ2n) is 6.53. The van der Waals surface area contributed by atoms with Crippen molar-refractivity contribution in [3.05, 3.63) is 45.3 Å². The SMILES string of the molecule is CCOc1ccc(NC(=O)CCn2cnc3sc(C)c(C)c3c2=O)cc1OCC. The number of aromatic nitrogens is 2. The number of fused-ring (bicyclic) bond motifs is 1. The average molecular weight is 416 g/mol. The van der Waals surface area contributed by atoms with Crippen LogP contribution in [-0.4, -0.2) is 28.7 Å². The van der Waals surface area contributed by atoms with Gasteiger partial charge < -0.3 is 14.8 Å². The van der Waals surface area contributed by atoms with E-state index in [1.807, 2.05) is 27.7 Å². The van der Waals surface area contributed by atoms with E-state index in [1.54, 1.807) is 18.2 Å². The van der Waals surface area contributed by atoms with Crippen molar-refractivity contribution < 1.29 is 14.3 Å². The number of anilines is 1. The summed E-state index contributed by atoms with van der Waals surface area (Å²) >= 11 is 1.51. The molecule has 0 fully saturated rings. The zero-order valence-electron chi connectivity index (χ0n) is 17.1. The molecule has 2 aromatic heterocycles. The van der Waals surface area contributed by atoms with E-state index in [0.29, 0.717) is 35.8 Å². The van der Waals surface area contributed by atoms with Gasteiger partial charge in [0.25, 0.3) is 5.56 Å². The smallest absolute Gasteiger partial charge is 0.262 e. The summed E-state index contributed by atoms with van der Waals surface area (Å²) in [5, 5.41) is 3.49. The van der Waals surface area contributed by atoms with Gasteiger partial charge in [-0.1, -0.05) is 0 Å². The van der Waals surface area contributed by atoms with Crippen molar-refractivity contribution >= 4 is 33.1 Å². The summed E-state index contributed by atoms with van der Waals surface area (Å²) in [5.74, 6) is 1.03. The van der Waals surface area contributed by atoms with Crippen LogP contribution in [0.15, 0.2) is 29.3 Å². The number of rotatable bonds is 8. The lowest BCUT2D eigenvalue weighted by Crippen LogP contribution is -2.23. The number of nitrogens with one attached hydrogen (secondary N) is 1. The molecule has 1 amide bonds. The quantitative estimate of drug-likeness (QED) is 0.603. The predicted octanol–water partition coefficient (Wildman–Crippen LogP) is 3.90. The Hall–Kier alpha value is -2.87. The molecule has 0 unspecified atom stereocenters. The Bertz CT molecular complexity index is 1090. The van der Waals surface area contributed by atoms with Crippen LogP contribution in [0.2, 0.25) is 0 Å². The molecule has 1 aromatic carbocycles. The van der Waals surface area contributed by atoms with E-state index >= 15 is 0 Å². The average Bonchev–Trinajstić information content (AvgIpc) is 2.98. The van der Waals surface area contributed by atoms with Crippen LogP contribution in [-0.2, 0) is 11.3 Å². The molecule has 3 aromatic rings. The maximum atomic E-state index is 12.7. The highest BCUT2D eigenvalue weighted by molar-refractivity contribution is 7.18. The van der Waals surface area contributed by atoms with Crippen LogP contribution in [0.1, 0.15) is 30.7 Å². The van der Waals surface area contributed by atoms with E-state index in [2.05, 4.69) is 10.3 Å². The molecule has 154 valence electrons. The van der Waals surface area contributed by atoms with Crippen LogP contribution >= 0.6 is 11.3 Å². The lowest BCUT2D eigenvalue weighted by atomic mass is 10.2. The Morgan fingerprint density at radius 1 is 1.17 bits per heavy atom. The molecular formula is C21H25N3O4S. The molecule has 2 heterocycles. The molecule has 0 aliphatic rings. The summed E-state index contributed by atoms with van der Waals surface area (Å²) in [4.78, 5) is 31.3. The maximum absolute atomic E-state index is 12.7. The third-order valence-electron chi connectivity index (χ3n) is 4.56. The number of aryl methyl sites for hydroxylation is 3. The minimum absolute atomic E-state index is 0.107. The van der Waals surface area contributed by atoms with Gasteiger partial charge in [0.15, 0.2) is 11.5 Å². The number of benzene rings is 1. The van der Waals surface area contributed by atoms with Crippen molar-refractivity contribution in [3.8, 4) is 11.5 Å². The van der Waals surface area contributed by atoms with Crippen molar-refractivity contribution in [3.63, 3.8) is 0 Å².